The van der Waals surface area contributed by atoms with E-state index in [2.05, 4.69) is 5.09 Å². The molecule has 2 atom stereocenters. The Kier molecular flexibility index (Phi) is 7.47. The lowest BCUT2D eigenvalue weighted by Crippen LogP contribution is -2.26. The van der Waals surface area contributed by atoms with Gasteiger partial charge in [0.05, 0.1) is 6.16 Å². The van der Waals surface area contributed by atoms with Gasteiger partial charge in [0.1, 0.15) is 23.7 Å². The molecular formula is C25H32NO5P. The van der Waals surface area contributed by atoms with Crippen LogP contribution in [0, 0.1) is 13.8 Å². The molecule has 3 rings (SSSR count). The van der Waals surface area contributed by atoms with Crippen molar-refractivity contribution >= 4 is 13.5 Å². The van der Waals surface area contributed by atoms with Crippen LogP contribution in [-0.4, -0.2) is 23.3 Å². The molecule has 172 valence electrons. The number of fused-ring (bicyclic) bond motifs is 1. The van der Waals surface area contributed by atoms with Crippen molar-refractivity contribution in [3.63, 3.8) is 0 Å². The summed E-state index contributed by atoms with van der Waals surface area (Å²) in [6.45, 7) is 9.98. The third kappa shape index (κ3) is 5.25. The van der Waals surface area contributed by atoms with E-state index >= 15 is 0 Å². The number of esters is 1. The Morgan fingerprint density at radius 1 is 1.28 bits per heavy atom. The predicted molar refractivity (Wildman–Crippen MR) is 127 cm³/mol. The fraction of sp³-hybridized carbons (Fsp3) is 0.400. The zero-order valence-corrected chi connectivity index (χ0v) is 20.3. The lowest BCUT2D eigenvalue weighted by molar-refractivity contribution is 0.0533. The van der Waals surface area contributed by atoms with E-state index in [1.807, 2.05) is 58.9 Å². The average Bonchev–Trinajstić information content (AvgIpc) is 3.14. The quantitative estimate of drug-likeness (QED) is 0.280. The Labute approximate surface area is 190 Å². The van der Waals surface area contributed by atoms with E-state index < -0.39 is 13.5 Å². The zero-order valence-electron chi connectivity index (χ0n) is 19.4. The smallest absolute Gasteiger partial charge is 0.342 e. The number of ether oxygens (including phenoxy) is 1. The third-order valence-corrected chi connectivity index (χ3v) is 8.24. The van der Waals surface area contributed by atoms with Crippen molar-refractivity contribution in [3.8, 4) is 11.5 Å². The number of para-hydroxylation sites is 1. The molecule has 0 bridgehead atoms. The molecule has 0 amide bonds. The van der Waals surface area contributed by atoms with Gasteiger partial charge in [0.15, 0.2) is 0 Å². The van der Waals surface area contributed by atoms with Gasteiger partial charge in [-0.2, -0.15) is 0 Å². The molecule has 32 heavy (non-hydrogen) atoms. The van der Waals surface area contributed by atoms with Gasteiger partial charge in [-0.3, -0.25) is 4.57 Å². The summed E-state index contributed by atoms with van der Waals surface area (Å²) in [7, 11) is -3.20. The molecule has 0 fully saturated rings. The fourth-order valence-corrected chi connectivity index (χ4v) is 6.13. The Morgan fingerprint density at radius 2 is 1.97 bits per heavy atom. The van der Waals surface area contributed by atoms with Crippen LogP contribution in [0.15, 0.2) is 42.0 Å². The van der Waals surface area contributed by atoms with E-state index in [1.165, 1.54) is 0 Å². The van der Waals surface area contributed by atoms with Crippen LogP contribution in [0.3, 0.4) is 0 Å². The molecule has 0 aromatic heterocycles. The third-order valence-electron chi connectivity index (χ3n) is 5.98. The van der Waals surface area contributed by atoms with Crippen molar-refractivity contribution in [2.24, 2.45) is 0 Å². The lowest BCUT2D eigenvalue weighted by atomic mass is 9.91. The number of rotatable bonds is 9. The summed E-state index contributed by atoms with van der Waals surface area (Å²) in [5.41, 5.74) is 4.48. The highest BCUT2D eigenvalue weighted by atomic mass is 31.2. The maximum atomic E-state index is 13.7. The summed E-state index contributed by atoms with van der Waals surface area (Å²) in [4.78, 5) is 12.1. The first-order valence-electron chi connectivity index (χ1n) is 10.9. The molecule has 2 aromatic carbocycles. The molecular weight excluding hydrogens is 425 g/mol. The first-order chi connectivity index (χ1) is 15.1. The van der Waals surface area contributed by atoms with E-state index in [0.29, 0.717) is 17.7 Å². The van der Waals surface area contributed by atoms with Crippen molar-refractivity contribution in [2.45, 2.75) is 60.1 Å². The van der Waals surface area contributed by atoms with Gasteiger partial charge in [-0.1, -0.05) is 36.8 Å². The van der Waals surface area contributed by atoms with Crippen LogP contribution in [0.4, 0.5) is 0 Å². The summed E-state index contributed by atoms with van der Waals surface area (Å²) in [6.07, 6.45) is 3.41. The molecule has 1 heterocycles. The molecule has 0 spiro atoms. The molecule has 1 aliphatic heterocycles. The summed E-state index contributed by atoms with van der Waals surface area (Å²) < 4.78 is 24.7. The summed E-state index contributed by atoms with van der Waals surface area (Å²) in [6, 6.07) is 9.19. The van der Waals surface area contributed by atoms with Crippen molar-refractivity contribution in [1.82, 2.24) is 5.09 Å². The van der Waals surface area contributed by atoms with Gasteiger partial charge in [0, 0.05) is 17.2 Å². The van der Waals surface area contributed by atoms with Gasteiger partial charge in [0.2, 0.25) is 0 Å². The van der Waals surface area contributed by atoms with Gasteiger partial charge < -0.3 is 14.4 Å². The summed E-state index contributed by atoms with van der Waals surface area (Å²) in [5, 5.41) is 13.9. The molecule has 2 aromatic rings. The number of hydrogen-bond acceptors (Lipinski definition) is 5. The number of hydrogen-bond donors (Lipinski definition) is 2. The molecule has 0 saturated heterocycles. The number of phenolic OH excluding ortho intramolecular Hbond substituents is 1. The zero-order chi connectivity index (χ0) is 23.5. The molecule has 1 unspecified atom stereocenters. The SMILES string of the molecule is CC[C@H](C)NP(=O)(C/C(C)=C/Cc1c(C)c(C)c2c(c1O)C(=O)OC2)Oc1ccccc1. The van der Waals surface area contributed by atoms with Crippen LogP contribution >= 0.6 is 7.52 Å². The van der Waals surface area contributed by atoms with Crippen LogP contribution < -0.4 is 9.61 Å². The molecule has 0 radical (unpaired) electrons. The molecule has 1 aliphatic rings. The minimum Gasteiger partial charge on any atom is -0.507 e. The number of carbonyl (C=O) groups is 1. The van der Waals surface area contributed by atoms with Crippen molar-refractivity contribution in [3.05, 3.63) is 69.8 Å². The van der Waals surface area contributed by atoms with Crippen molar-refractivity contribution in [1.29, 1.82) is 0 Å². The van der Waals surface area contributed by atoms with Crippen molar-refractivity contribution in [2.75, 3.05) is 6.16 Å². The second-order valence-corrected chi connectivity index (χ2v) is 10.5. The topological polar surface area (TPSA) is 84.9 Å². The summed E-state index contributed by atoms with van der Waals surface area (Å²) in [5.74, 6) is 0.0536. The second-order valence-electron chi connectivity index (χ2n) is 8.44. The average molecular weight is 458 g/mol. The predicted octanol–water partition coefficient (Wildman–Crippen LogP) is 5.83. The van der Waals surface area contributed by atoms with Crippen molar-refractivity contribution < 1.29 is 23.7 Å². The molecule has 2 N–H and O–H groups in total. The highest BCUT2D eigenvalue weighted by Crippen LogP contribution is 2.45. The van der Waals surface area contributed by atoms with E-state index in [9.17, 15) is 14.5 Å². The fourth-order valence-electron chi connectivity index (χ4n) is 3.82. The first-order valence-corrected chi connectivity index (χ1v) is 12.7. The number of carbonyl (C=O) groups excluding carboxylic acids is 1. The monoisotopic (exact) mass is 457 g/mol. The van der Waals surface area contributed by atoms with Gasteiger partial charge in [-0.25, -0.2) is 9.88 Å². The first kappa shape index (κ1) is 24.1. The maximum absolute atomic E-state index is 13.7. The maximum Gasteiger partial charge on any atom is 0.342 e. The van der Waals surface area contributed by atoms with Crippen LogP contribution in [0.1, 0.15) is 59.8 Å². The Bertz CT molecular complexity index is 1080. The van der Waals surface area contributed by atoms with Gasteiger partial charge in [0.25, 0.3) is 0 Å². The Balaban J connectivity index is 1.84. The molecule has 6 nitrogen and oxygen atoms in total. The van der Waals surface area contributed by atoms with Crippen LogP contribution in [0.25, 0.3) is 0 Å². The minimum atomic E-state index is -3.20. The summed E-state index contributed by atoms with van der Waals surface area (Å²) >= 11 is 0. The van der Waals surface area contributed by atoms with E-state index in [-0.39, 0.29) is 30.1 Å². The van der Waals surface area contributed by atoms with E-state index in [0.717, 1.165) is 28.7 Å². The normalized spacial score (nSPS) is 16.3. The highest BCUT2D eigenvalue weighted by Gasteiger charge is 2.31. The molecule has 0 aliphatic carbocycles. The minimum absolute atomic E-state index is 0.0175. The van der Waals surface area contributed by atoms with E-state index in [4.69, 9.17) is 9.26 Å². The van der Waals surface area contributed by atoms with Gasteiger partial charge >= 0.3 is 13.5 Å². The Hall–Kier alpha value is -2.56. The van der Waals surface area contributed by atoms with Crippen LogP contribution in [-0.2, 0) is 22.3 Å². The number of benzene rings is 2. The number of cyclic esters (lactones) is 1. The van der Waals surface area contributed by atoms with Crippen LogP contribution in [0.2, 0.25) is 0 Å². The standard InChI is InChI=1S/C25H32NO5P/c1-6-17(3)26-32(29,31-20-10-8-7-9-11-20)15-16(2)12-13-21-18(4)19(5)22-14-30-25(28)23(22)24(21)27/h7-12,17,27H,6,13-15H2,1-5H3,(H,26,29)/b16-12+/t17-,32?/m0/s1. The number of nitrogens with one attached hydrogen (secondary N) is 1. The van der Waals surface area contributed by atoms with Gasteiger partial charge in [-0.05, 0) is 63.8 Å². The Morgan fingerprint density at radius 3 is 2.62 bits per heavy atom. The number of phenols is 1. The second kappa shape index (κ2) is 9.93. The highest BCUT2D eigenvalue weighted by molar-refractivity contribution is 7.57. The van der Waals surface area contributed by atoms with E-state index in [1.54, 1.807) is 12.1 Å². The molecule has 7 heteroatoms. The van der Waals surface area contributed by atoms with Gasteiger partial charge in [-0.15, -0.1) is 0 Å². The number of aromatic hydroxyl groups is 1. The van der Waals surface area contributed by atoms with Crippen LogP contribution in [0.5, 0.6) is 11.5 Å². The lowest BCUT2D eigenvalue weighted by Gasteiger charge is -2.24. The molecule has 0 saturated carbocycles. The largest absolute Gasteiger partial charge is 0.507 e. The number of allylic oxidation sites excluding steroid dienone is 2.